The summed E-state index contributed by atoms with van der Waals surface area (Å²) < 4.78 is 10.8. The first-order valence-corrected chi connectivity index (χ1v) is 7.90. The number of unbranched alkanes of at least 4 members (excludes halogenated alkanes) is 1. The first-order valence-electron chi connectivity index (χ1n) is 7.90. The van der Waals surface area contributed by atoms with Crippen molar-refractivity contribution < 1.29 is 14.3 Å². The molecule has 112 valence electrons. The lowest BCUT2D eigenvalue weighted by Crippen LogP contribution is -2.28. The molecule has 3 heteroatoms. The molecule has 0 radical (unpaired) electrons. The summed E-state index contributed by atoms with van der Waals surface area (Å²) in [5, 5.41) is 0. The molecule has 0 amide bonds. The van der Waals surface area contributed by atoms with E-state index in [0.29, 0.717) is 12.0 Å². The van der Waals surface area contributed by atoms with Gasteiger partial charge in [-0.3, -0.25) is 4.79 Å². The monoisotopic (exact) mass is 270 g/mol. The lowest BCUT2D eigenvalue weighted by atomic mass is 9.87. The lowest BCUT2D eigenvalue weighted by molar-refractivity contribution is -0.147. The van der Waals surface area contributed by atoms with Gasteiger partial charge in [0, 0.05) is 6.61 Å². The van der Waals surface area contributed by atoms with Gasteiger partial charge in [0.25, 0.3) is 0 Å². The van der Waals surface area contributed by atoms with E-state index < -0.39 is 0 Å². The van der Waals surface area contributed by atoms with Crippen molar-refractivity contribution in [2.45, 2.75) is 71.3 Å². The summed E-state index contributed by atoms with van der Waals surface area (Å²) in [6.07, 6.45) is 9.26. The number of esters is 1. The Balaban J connectivity index is 2.19. The molecule has 0 saturated heterocycles. The quantitative estimate of drug-likeness (QED) is 0.626. The fraction of sp³-hybridized carbons (Fsp3) is 0.938. The van der Waals surface area contributed by atoms with Crippen LogP contribution in [0.25, 0.3) is 0 Å². The Morgan fingerprint density at radius 1 is 1.21 bits per heavy atom. The van der Waals surface area contributed by atoms with Crippen LogP contribution in [0.4, 0.5) is 0 Å². The third-order valence-electron chi connectivity index (χ3n) is 4.32. The lowest BCUT2D eigenvalue weighted by Gasteiger charge is -2.28. The smallest absolute Gasteiger partial charge is 0.308 e. The predicted molar refractivity (Wildman–Crippen MR) is 77.0 cm³/mol. The van der Waals surface area contributed by atoms with Crippen molar-refractivity contribution in [3.8, 4) is 0 Å². The van der Waals surface area contributed by atoms with Gasteiger partial charge in [-0.25, -0.2) is 0 Å². The third kappa shape index (κ3) is 5.94. The normalized spacial score (nSPS) is 25.0. The van der Waals surface area contributed by atoms with Crippen molar-refractivity contribution in [3.63, 3.8) is 0 Å². The standard InChI is InChI=1S/C16H30O3/c1-4-6-7-13(5-2)12-19-15-10-8-14(9-11-15)16(17)18-3/h13-15H,4-12H2,1-3H3. The molecular formula is C16H30O3. The third-order valence-corrected chi connectivity index (χ3v) is 4.32. The molecule has 0 aromatic heterocycles. The summed E-state index contributed by atoms with van der Waals surface area (Å²) in [6, 6.07) is 0. The van der Waals surface area contributed by atoms with Crippen LogP contribution >= 0.6 is 0 Å². The van der Waals surface area contributed by atoms with E-state index in [1.807, 2.05) is 0 Å². The van der Waals surface area contributed by atoms with E-state index in [1.165, 1.54) is 32.8 Å². The molecule has 1 aliphatic carbocycles. The van der Waals surface area contributed by atoms with Crippen LogP contribution in [0.1, 0.15) is 65.2 Å². The number of rotatable bonds is 8. The highest BCUT2D eigenvalue weighted by molar-refractivity contribution is 5.72. The Morgan fingerprint density at radius 3 is 2.42 bits per heavy atom. The van der Waals surface area contributed by atoms with Gasteiger partial charge >= 0.3 is 5.97 Å². The molecule has 1 fully saturated rings. The maximum atomic E-state index is 11.4. The van der Waals surface area contributed by atoms with Crippen molar-refractivity contribution in [2.75, 3.05) is 13.7 Å². The van der Waals surface area contributed by atoms with Gasteiger partial charge in [0.2, 0.25) is 0 Å². The molecule has 0 aromatic rings. The molecule has 19 heavy (non-hydrogen) atoms. The molecule has 0 heterocycles. The van der Waals surface area contributed by atoms with Crippen LogP contribution in [0.5, 0.6) is 0 Å². The van der Waals surface area contributed by atoms with Crippen molar-refractivity contribution in [1.29, 1.82) is 0 Å². The Morgan fingerprint density at radius 2 is 1.89 bits per heavy atom. The molecule has 1 aliphatic rings. The Hall–Kier alpha value is -0.570. The number of ether oxygens (including phenoxy) is 2. The van der Waals surface area contributed by atoms with Gasteiger partial charge in [-0.05, 0) is 38.0 Å². The van der Waals surface area contributed by atoms with Gasteiger partial charge in [0.1, 0.15) is 0 Å². The van der Waals surface area contributed by atoms with Gasteiger partial charge in [0.15, 0.2) is 0 Å². The van der Waals surface area contributed by atoms with Gasteiger partial charge < -0.3 is 9.47 Å². The summed E-state index contributed by atoms with van der Waals surface area (Å²) in [7, 11) is 1.48. The van der Waals surface area contributed by atoms with Crippen molar-refractivity contribution in [2.24, 2.45) is 11.8 Å². The second-order valence-electron chi connectivity index (χ2n) is 5.75. The van der Waals surface area contributed by atoms with Crippen LogP contribution in [0.2, 0.25) is 0 Å². The zero-order chi connectivity index (χ0) is 14.1. The van der Waals surface area contributed by atoms with Gasteiger partial charge in [0.05, 0.1) is 19.1 Å². The average molecular weight is 270 g/mol. The van der Waals surface area contributed by atoms with E-state index in [-0.39, 0.29) is 11.9 Å². The zero-order valence-electron chi connectivity index (χ0n) is 12.8. The summed E-state index contributed by atoms with van der Waals surface area (Å²) >= 11 is 0. The van der Waals surface area contributed by atoms with Crippen molar-refractivity contribution in [3.05, 3.63) is 0 Å². The molecule has 3 nitrogen and oxygen atoms in total. The highest BCUT2D eigenvalue weighted by Crippen LogP contribution is 2.28. The van der Waals surface area contributed by atoms with Crippen LogP contribution in [-0.2, 0) is 14.3 Å². The largest absolute Gasteiger partial charge is 0.469 e. The second-order valence-corrected chi connectivity index (χ2v) is 5.75. The van der Waals surface area contributed by atoms with E-state index in [2.05, 4.69) is 13.8 Å². The van der Waals surface area contributed by atoms with E-state index in [0.717, 1.165) is 32.3 Å². The number of hydrogen-bond acceptors (Lipinski definition) is 3. The van der Waals surface area contributed by atoms with E-state index in [4.69, 9.17) is 9.47 Å². The highest BCUT2D eigenvalue weighted by Gasteiger charge is 2.27. The van der Waals surface area contributed by atoms with Crippen LogP contribution in [0, 0.1) is 11.8 Å². The van der Waals surface area contributed by atoms with Crippen molar-refractivity contribution >= 4 is 5.97 Å². The fourth-order valence-corrected chi connectivity index (χ4v) is 2.80. The summed E-state index contributed by atoms with van der Waals surface area (Å²) in [4.78, 5) is 11.4. The Kier molecular flexibility index (Phi) is 8.11. The number of methoxy groups -OCH3 is 1. The summed E-state index contributed by atoms with van der Waals surface area (Å²) in [5.74, 6) is 0.762. The van der Waals surface area contributed by atoms with Gasteiger partial charge in [-0.1, -0.05) is 33.1 Å². The Bertz CT molecular complexity index is 244. The molecule has 1 saturated carbocycles. The molecule has 1 rings (SSSR count). The number of carbonyl (C=O) groups excluding carboxylic acids is 1. The molecular weight excluding hydrogens is 240 g/mol. The molecule has 1 atom stereocenters. The average Bonchev–Trinajstić information content (AvgIpc) is 2.47. The predicted octanol–water partition coefficient (Wildman–Crippen LogP) is 3.95. The minimum absolute atomic E-state index is 0.0483. The minimum atomic E-state index is -0.0483. The highest BCUT2D eigenvalue weighted by atomic mass is 16.5. The maximum absolute atomic E-state index is 11.4. The summed E-state index contributed by atoms with van der Waals surface area (Å²) in [6.45, 7) is 5.38. The second kappa shape index (κ2) is 9.35. The topological polar surface area (TPSA) is 35.5 Å². The SMILES string of the molecule is CCCCC(CC)COC1CCC(C(=O)OC)CC1. The van der Waals surface area contributed by atoms with Crippen LogP contribution < -0.4 is 0 Å². The maximum Gasteiger partial charge on any atom is 0.308 e. The molecule has 0 aromatic carbocycles. The van der Waals surface area contributed by atoms with Crippen LogP contribution in [0.3, 0.4) is 0 Å². The first kappa shape index (κ1) is 16.5. The number of hydrogen-bond donors (Lipinski definition) is 0. The molecule has 1 unspecified atom stereocenters. The van der Waals surface area contributed by atoms with E-state index >= 15 is 0 Å². The van der Waals surface area contributed by atoms with Crippen molar-refractivity contribution in [1.82, 2.24) is 0 Å². The molecule has 0 spiro atoms. The fourth-order valence-electron chi connectivity index (χ4n) is 2.80. The molecule has 0 N–H and O–H groups in total. The van der Waals surface area contributed by atoms with Crippen LogP contribution in [-0.4, -0.2) is 25.8 Å². The van der Waals surface area contributed by atoms with Gasteiger partial charge in [-0.2, -0.15) is 0 Å². The molecule has 0 aliphatic heterocycles. The Labute approximate surface area is 118 Å². The minimum Gasteiger partial charge on any atom is -0.469 e. The molecule has 0 bridgehead atoms. The first-order chi connectivity index (χ1) is 9.21. The zero-order valence-corrected chi connectivity index (χ0v) is 12.8. The summed E-state index contributed by atoms with van der Waals surface area (Å²) in [5.41, 5.74) is 0. The van der Waals surface area contributed by atoms with Crippen LogP contribution in [0.15, 0.2) is 0 Å². The van der Waals surface area contributed by atoms with E-state index in [9.17, 15) is 4.79 Å². The number of carbonyl (C=O) groups is 1. The van der Waals surface area contributed by atoms with E-state index in [1.54, 1.807) is 0 Å². The van der Waals surface area contributed by atoms with Gasteiger partial charge in [-0.15, -0.1) is 0 Å².